The molecule has 2 rings (SSSR count). The summed E-state index contributed by atoms with van der Waals surface area (Å²) in [6.07, 6.45) is 5.03. The lowest BCUT2D eigenvalue weighted by Crippen LogP contribution is -2.54. The van der Waals surface area contributed by atoms with E-state index in [0.717, 1.165) is 25.1 Å². The number of rotatable bonds is 3. The molecule has 0 aliphatic carbocycles. The van der Waals surface area contributed by atoms with Gasteiger partial charge in [0.05, 0.1) is 0 Å². The van der Waals surface area contributed by atoms with Crippen molar-refractivity contribution in [2.45, 2.75) is 45.6 Å². The molecule has 0 saturated carbocycles. The third-order valence-electron chi connectivity index (χ3n) is 4.40. The van der Waals surface area contributed by atoms with Crippen molar-refractivity contribution in [3.8, 4) is 0 Å². The van der Waals surface area contributed by atoms with Gasteiger partial charge in [0.25, 0.3) is 0 Å². The minimum absolute atomic E-state index is 0. The van der Waals surface area contributed by atoms with E-state index in [1.54, 1.807) is 6.20 Å². The molecule has 22 heavy (non-hydrogen) atoms. The van der Waals surface area contributed by atoms with Crippen molar-refractivity contribution < 1.29 is 4.79 Å². The molecular weight excluding hydrogens is 321 g/mol. The second-order valence-electron chi connectivity index (χ2n) is 6.59. The summed E-state index contributed by atoms with van der Waals surface area (Å²) in [6, 6.07) is 4.13. The van der Waals surface area contributed by atoms with Crippen molar-refractivity contribution in [3.63, 3.8) is 0 Å². The molecular formula is C16H27Cl2N3O. The molecule has 1 aliphatic rings. The van der Waals surface area contributed by atoms with Crippen LogP contribution in [0, 0.1) is 5.41 Å². The Morgan fingerprint density at radius 1 is 1.50 bits per heavy atom. The molecule has 2 atom stereocenters. The first-order chi connectivity index (χ1) is 9.40. The fourth-order valence-electron chi connectivity index (χ4n) is 2.76. The van der Waals surface area contributed by atoms with E-state index in [2.05, 4.69) is 25.8 Å². The van der Waals surface area contributed by atoms with Crippen molar-refractivity contribution in [2.24, 2.45) is 11.1 Å². The maximum absolute atomic E-state index is 12.4. The van der Waals surface area contributed by atoms with Gasteiger partial charge in [0.15, 0.2) is 0 Å². The van der Waals surface area contributed by atoms with Crippen LogP contribution in [-0.2, 0) is 4.79 Å². The van der Waals surface area contributed by atoms with Gasteiger partial charge in [-0.1, -0.05) is 26.8 Å². The number of piperidine rings is 1. The number of nitrogens with zero attached hydrogens (tertiary/aromatic N) is 2. The van der Waals surface area contributed by atoms with Gasteiger partial charge in [0.1, 0.15) is 0 Å². The summed E-state index contributed by atoms with van der Waals surface area (Å²) < 4.78 is 0. The molecule has 1 saturated heterocycles. The minimum atomic E-state index is 0. The number of carbonyl (C=O) groups is 1. The lowest BCUT2D eigenvalue weighted by Gasteiger charge is -2.42. The highest BCUT2D eigenvalue weighted by molar-refractivity contribution is 5.85. The molecule has 4 nitrogen and oxygen atoms in total. The summed E-state index contributed by atoms with van der Waals surface area (Å²) >= 11 is 0. The number of amides is 1. The van der Waals surface area contributed by atoms with Crippen LogP contribution in [0.15, 0.2) is 24.5 Å². The number of aromatic nitrogens is 1. The fourth-order valence-corrected chi connectivity index (χ4v) is 2.76. The molecule has 1 aromatic heterocycles. The molecule has 1 aliphatic heterocycles. The number of nitrogens with two attached hydrogens (primary N) is 1. The lowest BCUT2D eigenvalue weighted by molar-refractivity contribution is -0.135. The summed E-state index contributed by atoms with van der Waals surface area (Å²) in [5.74, 6) is 0.427. The van der Waals surface area contributed by atoms with Crippen LogP contribution in [0.1, 0.15) is 45.1 Å². The van der Waals surface area contributed by atoms with E-state index in [1.165, 1.54) is 0 Å². The molecule has 1 aromatic rings. The Hall–Kier alpha value is -0.840. The van der Waals surface area contributed by atoms with Crippen molar-refractivity contribution >= 4 is 30.7 Å². The highest BCUT2D eigenvalue weighted by Gasteiger charge is 2.35. The standard InChI is InChI=1S/C16H25N3O.2ClH/c1-12(13-5-4-7-18-10-13)9-15(20)19-8-6-14(17)16(2,3)11-19;;/h4-5,7,10,12,14H,6,8-9,11,17H2,1-3H3;2*1H. The maximum Gasteiger partial charge on any atom is 0.223 e. The van der Waals surface area contributed by atoms with E-state index >= 15 is 0 Å². The van der Waals surface area contributed by atoms with Gasteiger partial charge in [-0.05, 0) is 29.4 Å². The van der Waals surface area contributed by atoms with Crippen LogP contribution in [0.2, 0.25) is 0 Å². The van der Waals surface area contributed by atoms with Crippen LogP contribution >= 0.6 is 24.8 Å². The molecule has 1 fully saturated rings. The first-order valence-corrected chi connectivity index (χ1v) is 7.33. The molecule has 1 amide bonds. The summed E-state index contributed by atoms with van der Waals surface area (Å²) in [7, 11) is 0. The second kappa shape index (κ2) is 8.70. The zero-order valence-electron chi connectivity index (χ0n) is 13.5. The monoisotopic (exact) mass is 347 g/mol. The first kappa shape index (κ1) is 21.2. The fraction of sp³-hybridized carbons (Fsp3) is 0.625. The van der Waals surface area contributed by atoms with Crippen molar-refractivity contribution in [1.29, 1.82) is 0 Å². The molecule has 2 unspecified atom stereocenters. The van der Waals surface area contributed by atoms with Crippen LogP contribution in [0.25, 0.3) is 0 Å². The van der Waals surface area contributed by atoms with Gasteiger partial charge >= 0.3 is 0 Å². The molecule has 0 spiro atoms. The molecule has 2 N–H and O–H groups in total. The minimum Gasteiger partial charge on any atom is -0.342 e. The van der Waals surface area contributed by atoms with Gasteiger partial charge < -0.3 is 10.6 Å². The van der Waals surface area contributed by atoms with Crippen molar-refractivity contribution in [2.75, 3.05) is 13.1 Å². The number of halogens is 2. The maximum atomic E-state index is 12.4. The van der Waals surface area contributed by atoms with Crippen LogP contribution in [-0.4, -0.2) is 34.9 Å². The van der Waals surface area contributed by atoms with Gasteiger partial charge in [-0.25, -0.2) is 0 Å². The Morgan fingerprint density at radius 3 is 2.73 bits per heavy atom. The number of hydrogen-bond acceptors (Lipinski definition) is 3. The Labute approximate surface area is 145 Å². The zero-order valence-corrected chi connectivity index (χ0v) is 15.1. The quantitative estimate of drug-likeness (QED) is 0.914. The second-order valence-corrected chi connectivity index (χ2v) is 6.59. The molecule has 0 radical (unpaired) electrons. The highest BCUT2D eigenvalue weighted by Crippen LogP contribution is 2.29. The van der Waals surface area contributed by atoms with Gasteiger partial charge in [0.2, 0.25) is 5.91 Å². The van der Waals surface area contributed by atoms with Crippen LogP contribution < -0.4 is 5.73 Å². The van der Waals surface area contributed by atoms with Gasteiger partial charge in [-0.3, -0.25) is 9.78 Å². The van der Waals surface area contributed by atoms with E-state index in [4.69, 9.17) is 5.73 Å². The molecule has 0 bridgehead atoms. The van der Waals surface area contributed by atoms with E-state index in [0.29, 0.717) is 6.42 Å². The van der Waals surface area contributed by atoms with Crippen LogP contribution in [0.4, 0.5) is 0 Å². The summed E-state index contributed by atoms with van der Waals surface area (Å²) in [4.78, 5) is 18.5. The number of carbonyl (C=O) groups excluding carboxylic acids is 1. The largest absolute Gasteiger partial charge is 0.342 e. The average molecular weight is 348 g/mol. The number of hydrogen-bond donors (Lipinski definition) is 1. The number of pyridine rings is 1. The summed E-state index contributed by atoms with van der Waals surface area (Å²) in [6.45, 7) is 7.90. The number of likely N-dealkylation sites (tertiary alicyclic amines) is 1. The van der Waals surface area contributed by atoms with Gasteiger partial charge in [-0.2, -0.15) is 0 Å². The normalized spacial score (nSPS) is 21.3. The van der Waals surface area contributed by atoms with Crippen molar-refractivity contribution in [3.05, 3.63) is 30.1 Å². The van der Waals surface area contributed by atoms with E-state index in [-0.39, 0.29) is 48.1 Å². The lowest BCUT2D eigenvalue weighted by atomic mass is 9.79. The highest BCUT2D eigenvalue weighted by atomic mass is 35.5. The zero-order chi connectivity index (χ0) is 14.8. The predicted octanol–water partition coefficient (Wildman–Crippen LogP) is 3.00. The average Bonchev–Trinajstić information content (AvgIpc) is 2.42. The van der Waals surface area contributed by atoms with Gasteiger partial charge in [-0.15, -0.1) is 24.8 Å². The smallest absolute Gasteiger partial charge is 0.223 e. The van der Waals surface area contributed by atoms with Crippen molar-refractivity contribution in [1.82, 2.24) is 9.88 Å². The Morgan fingerprint density at radius 2 is 2.18 bits per heavy atom. The van der Waals surface area contributed by atoms with E-state index in [1.807, 2.05) is 23.2 Å². The van der Waals surface area contributed by atoms with Crippen LogP contribution in [0.5, 0.6) is 0 Å². The Bertz CT molecular complexity index is 468. The third kappa shape index (κ3) is 5.11. The topological polar surface area (TPSA) is 59.2 Å². The molecule has 6 heteroatoms. The molecule has 0 aromatic carbocycles. The van der Waals surface area contributed by atoms with Gasteiger partial charge in [0, 0.05) is 37.9 Å². The SMILES string of the molecule is CC(CC(=O)N1CCC(N)C(C)(C)C1)c1cccnc1.Cl.Cl. The van der Waals surface area contributed by atoms with Crippen LogP contribution in [0.3, 0.4) is 0 Å². The first-order valence-electron chi connectivity index (χ1n) is 7.33. The molecule has 2 heterocycles. The summed E-state index contributed by atoms with van der Waals surface area (Å²) in [5.41, 5.74) is 7.25. The molecule has 126 valence electrons. The Kier molecular flexibility index (Phi) is 8.37. The van der Waals surface area contributed by atoms with E-state index < -0.39 is 0 Å². The summed E-state index contributed by atoms with van der Waals surface area (Å²) in [5, 5.41) is 0. The Balaban J connectivity index is 0.00000220. The van der Waals surface area contributed by atoms with E-state index in [9.17, 15) is 4.79 Å². The predicted molar refractivity (Wildman–Crippen MR) is 94.7 cm³/mol. The third-order valence-corrected chi connectivity index (χ3v) is 4.40.